The molecular formula is C17H11ClN2O5. The summed E-state index contributed by atoms with van der Waals surface area (Å²) in [6.45, 7) is 0. The predicted molar refractivity (Wildman–Crippen MR) is 91.7 cm³/mol. The van der Waals surface area contributed by atoms with Crippen molar-refractivity contribution < 1.29 is 19.2 Å². The molecule has 0 amide bonds. The number of benzene rings is 2. The van der Waals surface area contributed by atoms with Crippen LogP contribution in [0.15, 0.2) is 53.2 Å². The molecule has 8 heteroatoms. The van der Waals surface area contributed by atoms with Gasteiger partial charge < -0.3 is 9.47 Å². The van der Waals surface area contributed by atoms with Crippen molar-refractivity contribution >= 4 is 35.2 Å². The number of hydrogen-bond acceptors (Lipinski definition) is 6. The fraction of sp³-hybridized carbons (Fsp3) is 0.0588. The van der Waals surface area contributed by atoms with Crippen LogP contribution in [0, 0.1) is 10.1 Å². The maximum absolute atomic E-state index is 12.0. The fourth-order valence-electron chi connectivity index (χ4n) is 2.26. The molecule has 1 aliphatic heterocycles. The van der Waals surface area contributed by atoms with Crippen LogP contribution in [0.25, 0.3) is 6.08 Å². The molecule has 25 heavy (non-hydrogen) atoms. The Labute approximate surface area is 147 Å². The van der Waals surface area contributed by atoms with Crippen LogP contribution >= 0.6 is 11.6 Å². The van der Waals surface area contributed by atoms with Gasteiger partial charge in [-0.1, -0.05) is 29.8 Å². The number of cyclic esters (lactones) is 1. The maximum atomic E-state index is 12.0. The number of nitrogens with zero attached hydrogens (tertiary/aromatic N) is 2. The average Bonchev–Trinajstić information content (AvgIpc) is 2.95. The Bertz CT molecular complexity index is 936. The van der Waals surface area contributed by atoms with Gasteiger partial charge in [0.25, 0.3) is 0 Å². The van der Waals surface area contributed by atoms with Crippen molar-refractivity contribution in [1.29, 1.82) is 0 Å². The Balaban J connectivity index is 1.99. The average molecular weight is 359 g/mol. The van der Waals surface area contributed by atoms with Crippen molar-refractivity contribution in [3.63, 3.8) is 0 Å². The van der Waals surface area contributed by atoms with Gasteiger partial charge in [-0.15, -0.1) is 0 Å². The Morgan fingerprint density at radius 3 is 2.72 bits per heavy atom. The molecule has 7 nitrogen and oxygen atoms in total. The Kier molecular flexibility index (Phi) is 4.49. The molecule has 0 spiro atoms. The first kappa shape index (κ1) is 16.7. The van der Waals surface area contributed by atoms with E-state index in [-0.39, 0.29) is 23.0 Å². The summed E-state index contributed by atoms with van der Waals surface area (Å²) in [5, 5.41) is 11.5. The molecule has 3 rings (SSSR count). The lowest BCUT2D eigenvalue weighted by Gasteiger charge is -2.02. The molecule has 126 valence electrons. The lowest BCUT2D eigenvalue weighted by atomic mass is 10.1. The molecule has 1 aliphatic rings. The highest BCUT2D eigenvalue weighted by Gasteiger charge is 2.26. The monoisotopic (exact) mass is 358 g/mol. The number of esters is 1. The van der Waals surface area contributed by atoms with Crippen LogP contribution in [-0.2, 0) is 9.53 Å². The minimum atomic E-state index is -0.659. The zero-order valence-corrected chi connectivity index (χ0v) is 13.7. The summed E-state index contributed by atoms with van der Waals surface area (Å²) >= 11 is 6.07. The van der Waals surface area contributed by atoms with Crippen LogP contribution in [0.2, 0.25) is 5.02 Å². The minimum Gasteiger partial charge on any atom is -0.490 e. The van der Waals surface area contributed by atoms with Gasteiger partial charge >= 0.3 is 11.7 Å². The van der Waals surface area contributed by atoms with E-state index in [0.29, 0.717) is 16.1 Å². The first-order valence-corrected chi connectivity index (χ1v) is 7.47. The van der Waals surface area contributed by atoms with Gasteiger partial charge in [0.1, 0.15) is 0 Å². The lowest BCUT2D eigenvalue weighted by molar-refractivity contribution is -0.385. The second-order valence-electron chi connectivity index (χ2n) is 5.00. The third kappa shape index (κ3) is 3.36. The topological polar surface area (TPSA) is 91.0 Å². The number of carbonyl (C=O) groups excluding carboxylic acids is 1. The van der Waals surface area contributed by atoms with Gasteiger partial charge in [0.15, 0.2) is 11.4 Å². The fourth-order valence-corrected chi connectivity index (χ4v) is 2.47. The molecule has 0 bridgehead atoms. The van der Waals surface area contributed by atoms with Crippen molar-refractivity contribution in [2.75, 3.05) is 7.11 Å². The van der Waals surface area contributed by atoms with Crippen LogP contribution in [0.3, 0.4) is 0 Å². The van der Waals surface area contributed by atoms with Crippen molar-refractivity contribution in [2.24, 2.45) is 4.99 Å². The lowest BCUT2D eigenvalue weighted by Crippen LogP contribution is -2.05. The van der Waals surface area contributed by atoms with Crippen molar-refractivity contribution in [3.8, 4) is 5.75 Å². The van der Waals surface area contributed by atoms with Gasteiger partial charge in [-0.05, 0) is 29.8 Å². The second kappa shape index (κ2) is 6.74. The molecule has 0 N–H and O–H groups in total. The number of nitro groups is 1. The van der Waals surface area contributed by atoms with E-state index in [4.69, 9.17) is 21.1 Å². The summed E-state index contributed by atoms with van der Waals surface area (Å²) in [6, 6.07) is 11.1. The number of aliphatic imine (C=N–C) groups is 1. The zero-order chi connectivity index (χ0) is 18.0. The van der Waals surface area contributed by atoms with E-state index in [1.54, 1.807) is 30.3 Å². The third-order valence-electron chi connectivity index (χ3n) is 3.43. The van der Waals surface area contributed by atoms with Crippen LogP contribution in [-0.4, -0.2) is 23.9 Å². The van der Waals surface area contributed by atoms with Gasteiger partial charge in [-0.25, -0.2) is 9.79 Å². The maximum Gasteiger partial charge on any atom is 0.363 e. The Hall–Kier alpha value is -3.19. The summed E-state index contributed by atoms with van der Waals surface area (Å²) in [7, 11) is 1.34. The summed E-state index contributed by atoms with van der Waals surface area (Å²) < 4.78 is 10.1. The summed E-state index contributed by atoms with van der Waals surface area (Å²) in [5.74, 6) is -0.445. The van der Waals surface area contributed by atoms with Crippen molar-refractivity contribution in [2.45, 2.75) is 0 Å². The van der Waals surface area contributed by atoms with Crippen molar-refractivity contribution in [3.05, 3.63) is 74.4 Å². The molecule has 2 aromatic carbocycles. The number of carbonyl (C=O) groups is 1. The van der Waals surface area contributed by atoms with Crippen LogP contribution in [0.1, 0.15) is 11.1 Å². The van der Waals surface area contributed by atoms with Crippen LogP contribution < -0.4 is 4.74 Å². The molecule has 0 aliphatic carbocycles. The van der Waals surface area contributed by atoms with Crippen LogP contribution in [0.4, 0.5) is 5.69 Å². The molecular weight excluding hydrogens is 348 g/mol. The van der Waals surface area contributed by atoms with Gasteiger partial charge in [0.05, 0.1) is 22.6 Å². The highest BCUT2D eigenvalue weighted by molar-refractivity contribution is 6.34. The van der Waals surface area contributed by atoms with Gasteiger partial charge in [-0.2, -0.15) is 0 Å². The van der Waals surface area contributed by atoms with Gasteiger partial charge in [0.2, 0.25) is 5.90 Å². The normalized spacial score (nSPS) is 15.0. The van der Waals surface area contributed by atoms with E-state index in [9.17, 15) is 14.9 Å². The van der Waals surface area contributed by atoms with E-state index in [1.165, 1.54) is 25.3 Å². The molecule has 0 saturated carbocycles. The van der Waals surface area contributed by atoms with E-state index in [1.807, 2.05) is 0 Å². The van der Waals surface area contributed by atoms with E-state index in [0.717, 1.165) is 0 Å². The molecule has 0 radical (unpaired) electrons. The quantitative estimate of drug-likeness (QED) is 0.360. The highest BCUT2D eigenvalue weighted by atomic mass is 35.5. The largest absolute Gasteiger partial charge is 0.490 e. The first-order valence-electron chi connectivity index (χ1n) is 7.09. The minimum absolute atomic E-state index is 0.0226. The number of nitro benzene ring substituents is 1. The molecule has 0 fully saturated rings. The van der Waals surface area contributed by atoms with Gasteiger partial charge in [0, 0.05) is 6.07 Å². The van der Waals surface area contributed by atoms with E-state index >= 15 is 0 Å². The molecule has 0 atom stereocenters. The van der Waals surface area contributed by atoms with Crippen LogP contribution in [0.5, 0.6) is 5.75 Å². The summed E-state index contributed by atoms with van der Waals surface area (Å²) in [6.07, 6.45) is 1.40. The first-order chi connectivity index (χ1) is 12.0. The zero-order valence-electron chi connectivity index (χ0n) is 12.9. The highest BCUT2D eigenvalue weighted by Crippen LogP contribution is 2.29. The number of methoxy groups -OCH3 is 1. The smallest absolute Gasteiger partial charge is 0.363 e. The van der Waals surface area contributed by atoms with E-state index in [2.05, 4.69) is 4.99 Å². The molecule has 0 aromatic heterocycles. The number of hydrogen-bond donors (Lipinski definition) is 0. The SMILES string of the molecule is COc1ccc(C=C2N=C(c3ccccc3Cl)OC2=O)cc1[N+](=O)[O-]. The predicted octanol–water partition coefficient (Wildman–Crippen LogP) is 3.60. The van der Waals surface area contributed by atoms with E-state index < -0.39 is 10.9 Å². The molecule has 2 aromatic rings. The van der Waals surface area contributed by atoms with Gasteiger partial charge in [-0.3, -0.25) is 10.1 Å². The second-order valence-corrected chi connectivity index (χ2v) is 5.41. The standard InChI is InChI=1S/C17H11ClN2O5/c1-24-15-7-6-10(9-14(15)20(22)23)8-13-17(21)25-16(19-13)11-4-2-3-5-12(11)18/h2-9H,1H3. The number of halogens is 1. The third-order valence-corrected chi connectivity index (χ3v) is 3.76. The molecule has 0 unspecified atom stereocenters. The molecule has 0 saturated heterocycles. The Morgan fingerprint density at radius 2 is 2.04 bits per heavy atom. The summed E-state index contributed by atoms with van der Waals surface area (Å²) in [4.78, 5) is 26.7. The Morgan fingerprint density at radius 1 is 1.28 bits per heavy atom. The number of ether oxygens (including phenoxy) is 2. The van der Waals surface area contributed by atoms with Crippen molar-refractivity contribution in [1.82, 2.24) is 0 Å². The summed E-state index contributed by atoms with van der Waals surface area (Å²) in [5.41, 5.74) is 0.721. The number of rotatable bonds is 4. The molecule has 1 heterocycles.